The van der Waals surface area contributed by atoms with Gasteiger partial charge in [0.05, 0.1) is 30.0 Å². The molecule has 0 fully saturated rings. The van der Waals surface area contributed by atoms with E-state index in [2.05, 4.69) is 10.4 Å². The minimum Gasteiger partial charge on any atom is -0.481 e. The number of carboxylic acid groups (broad SMARTS) is 1. The Balaban J connectivity index is 2.26. The molecule has 0 aliphatic heterocycles. The van der Waals surface area contributed by atoms with E-state index in [1.165, 1.54) is 16.9 Å². The number of esters is 1. The summed E-state index contributed by atoms with van der Waals surface area (Å²) in [7, 11) is 0. The Hall–Kier alpha value is -3.21. The van der Waals surface area contributed by atoms with Gasteiger partial charge < -0.3 is 20.9 Å². The summed E-state index contributed by atoms with van der Waals surface area (Å²) in [4.78, 5) is 46.9. The summed E-state index contributed by atoms with van der Waals surface area (Å²) < 4.78 is 6.30. The highest BCUT2D eigenvalue weighted by Gasteiger charge is 2.26. The number of carbonyl (C=O) groups is 4. The lowest BCUT2D eigenvalue weighted by Crippen LogP contribution is -2.16. The van der Waals surface area contributed by atoms with E-state index in [1.807, 2.05) is 0 Å². The molecule has 2 amide bonds. The lowest BCUT2D eigenvalue weighted by atomic mass is 10.1. The molecule has 0 aromatic carbocycles. The van der Waals surface area contributed by atoms with E-state index in [1.54, 1.807) is 13.8 Å². The average molecular weight is 394 g/mol. The summed E-state index contributed by atoms with van der Waals surface area (Å²) in [5.41, 5.74) is 5.74. The molecule has 4 N–H and O–H groups in total. The van der Waals surface area contributed by atoms with Crippen molar-refractivity contribution < 1.29 is 29.0 Å². The van der Waals surface area contributed by atoms with Crippen LogP contribution in [0.4, 0.5) is 5.00 Å². The number of carbonyl (C=O) groups excluding carboxylic acids is 3. The summed E-state index contributed by atoms with van der Waals surface area (Å²) >= 11 is 0.873. The first kappa shape index (κ1) is 20.1. The number of hydrogen-bond acceptors (Lipinski definition) is 7. The van der Waals surface area contributed by atoms with E-state index in [4.69, 9.17) is 15.6 Å². The Labute approximate surface area is 157 Å². The number of nitrogens with one attached hydrogen (secondary N) is 1. The molecule has 11 heteroatoms. The van der Waals surface area contributed by atoms with Crippen LogP contribution in [0.3, 0.4) is 0 Å². The molecule has 2 aromatic rings. The Bertz CT molecular complexity index is 901. The number of rotatable bonds is 8. The molecule has 27 heavy (non-hydrogen) atoms. The molecule has 2 aromatic heterocycles. The van der Waals surface area contributed by atoms with Gasteiger partial charge in [0.25, 0.3) is 11.8 Å². The summed E-state index contributed by atoms with van der Waals surface area (Å²) in [5, 5.41) is 15.3. The monoisotopic (exact) mass is 394 g/mol. The van der Waals surface area contributed by atoms with Gasteiger partial charge in [-0.2, -0.15) is 5.10 Å². The number of nitrogens with two attached hydrogens (primary N) is 1. The second-order valence-corrected chi connectivity index (χ2v) is 6.43. The van der Waals surface area contributed by atoms with E-state index in [-0.39, 0.29) is 40.7 Å². The molecule has 2 heterocycles. The van der Waals surface area contributed by atoms with Crippen LogP contribution in [0, 0.1) is 6.92 Å². The fourth-order valence-electron chi connectivity index (χ4n) is 2.27. The molecule has 0 spiro atoms. The molecule has 2 rings (SSSR count). The predicted octanol–water partition coefficient (Wildman–Crippen LogP) is 1.26. The summed E-state index contributed by atoms with van der Waals surface area (Å²) in [6, 6.07) is 1.41. The fraction of sp³-hybridized carbons (Fsp3) is 0.312. The minimum absolute atomic E-state index is 0.0295. The van der Waals surface area contributed by atoms with Gasteiger partial charge in [-0.05, 0) is 25.5 Å². The third-order valence-corrected chi connectivity index (χ3v) is 4.73. The highest BCUT2D eigenvalue weighted by molar-refractivity contribution is 7.18. The smallest absolute Gasteiger partial charge is 0.341 e. The second kappa shape index (κ2) is 8.45. The lowest BCUT2D eigenvalue weighted by Gasteiger charge is -2.06. The summed E-state index contributed by atoms with van der Waals surface area (Å²) in [6.45, 7) is 3.41. The van der Waals surface area contributed by atoms with E-state index in [0.29, 0.717) is 5.56 Å². The maximum Gasteiger partial charge on any atom is 0.341 e. The number of aliphatic carboxylic acids is 1. The van der Waals surface area contributed by atoms with Crippen LogP contribution in [-0.4, -0.2) is 45.2 Å². The molecule has 0 bridgehead atoms. The number of anilines is 1. The van der Waals surface area contributed by atoms with Gasteiger partial charge in [-0.3, -0.25) is 19.1 Å². The average Bonchev–Trinajstić information content (AvgIpc) is 3.18. The zero-order chi connectivity index (χ0) is 20.1. The van der Waals surface area contributed by atoms with Gasteiger partial charge >= 0.3 is 11.9 Å². The van der Waals surface area contributed by atoms with Crippen molar-refractivity contribution >= 4 is 40.1 Å². The number of ether oxygens (including phenoxy) is 1. The number of amides is 2. The maximum absolute atomic E-state index is 12.4. The van der Waals surface area contributed by atoms with Crippen molar-refractivity contribution in [3.63, 3.8) is 0 Å². The highest BCUT2D eigenvalue weighted by atomic mass is 32.1. The Kier molecular flexibility index (Phi) is 6.29. The number of nitrogens with zero attached hydrogens (tertiary/aromatic N) is 2. The quantitative estimate of drug-likeness (QED) is 0.569. The number of aryl methyl sites for hydroxylation is 1. The Morgan fingerprint density at radius 3 is 2.67 bits per heavy atom. The topological polar surface area (TPSA) is 154 Å². The minimum atomic E-state index is -0.983. The molecular formula is C16H18N4O6S. The van der Waals surface area contributed by atoms with Crippen molar-refractivity contribution in [2.45, 2.75) is 26.8 Å². The van der Waals surface area contributed by atoms with E-state index in [9.17, 15) is 19.2 Å². The van der Waals surface area contributed by atoms with Crippen molar-refractivity contribution in [1.29, 1.82) is 0 Å². The molecule has 0 unspecified atom stereocenters. The SMILES string of the molecule is CCOC(=O)c1c(NC(=O)c2ccn(CCC(=O)O)n2)sc(C(N)=O)c1C. The second-order valence-electron chi connectivity index (χ2n) is 5.41. The lowest BCUT2D eigenvalue weighted by molar-refractivity contribution is -0.137. The molecule has 0 aliphatic rings. The van der Waals surface area contributed by atoms with Crippen LogP contribution in [0.2, 0.25) is 0 Å². The van der Waals surface area contributed by atoms with Crippen molar-refractivity contribution in [2.75, 3.05) is 11.9 Å². The zero-order valence-electron chi connectivity index (χ0n) is 14.6. The van der Waals surface area contributed by atoms with Crippen molar-refractivity contribution in [3.05, 3.63) is 34.0 Å². The van der Waals surface area contributed by atoms with E-state index < -0.39 is 23.8 Å². The van der Waals surface area contributed by atoms with Crippen molar-refractivity contribution in [3.8, 4) is 0 Å². The van der Waals surface area contributed by atoms with Crippen LogP contribution in [-0.2, 0) is 16.1 Å². The molecule has 0 saturated heterocycles. The Morgan fingerprint density at radius 2 is 2.07 bits per heavy atom. The van der Waals surface area contributed by atoms with Gasteiger partial charge in [-0.1, -0.05) is 0 Å². The predicted molar refractivity (Wildman–Crippen MR) is 96.0 cm³/mol. The number of carboxylic acids is 1. The standard InChI is InChI=1S/C16H18N4O6S/c1-3-26-16(25)11-8(2)12(13(17)23)27-15(11)18-14(24)9-4-6-20(19-9)7-5-10(21)22/h4,6H,3,5,7H2,1-2H3,(H2,17,23)(H,18,24)(H,21,22). The van der Waals surface area contributed by atoms with Crippen LogP contribution in [0.1, 0.15) is 49.4 Å². The number of aromatic nitrogens is 2. The zero-order valence-corrected chi connectivity index (χ0v) is 15.5. The van der Waals surface area contributed by atoms with E-state index >= 15 is 0 Å². The van der Waals surface area contributed by atoms with Gasteiger partial charge in [-0.15, -0.1) is 11.3 Å². The van der Waals surface area contributed by atoms with Gasteiger partial charge in [0, 0.05) is 6.20 Å². The first-order valence-corrected chi connectivity index (χ1v) is 8.73. The molecular weight excluding hydrogens is 376 g/mol. The van der Waals surface area contributed by atoms with Crippen LogP contribution >= 0.6 is 11.3 Å². The summed E-state index contributed by atoms with van der Waals surface area (Å²) in [5.74, 6) is -3.00. The first-order chi connectivity index (χ1) is 12.7. The molecule has 0 aliphatic carbocycles. The third-order valence-electron chi connectivity index (χ3n) is 3.51. The van der Waals surface area contributed by atoms with E-state index in [0.717, 1.165) is 11.3 Å². The number of hydrogen-bond donors (Lipinski definition) is 3. The largest absolute Gasteiger partial charge is 0.481 e. The Morgan fingerprint density at radius 1 is 1.37 bits per heavy atom. The molecule has 144 valence electrons. The third kappa shape index (κ3) is 4.70. The first-order valence-electron chi connectivity index (χ1n) is 7.91. The van der Waals surface area contributed by atoms with Crippen LogP contribution < -0.4 is 11.1 Å². The van der Waals surface area contributed by atoms with Crippen LogP contribution in [0.5, 0.6) is 0 Å². The molecule has 0 radical (unpaired) electrons. The van der Waals surface area contributed by atoms with Gasteiger partial charge in [0.2, 0.25) is 0 Å². The van der Waals surface area contributed by atoms with Crippen molar-refractivity contribution in [2.24, 2.45) is 5.73 Å². The summed E-state index contributed by atoms with van der Waals surface area (Å²) in [6.07, 6.45) is 1.33. The van der Waals surface area contributed by atoms with Gasteiger partial charge in [-0.25, -0.2) is 4.79 Å². The number of primary amides is 1. The molecule has 0 saturated carbocycles. The highest BCUT2D eigenvalue weighted by Crippen LogP contribution is 2.33. The van der Waals surface area contributed by atoms with Crippen molar-refractivity contribution in [1.82, 2.24) is 9.78 Å². The molecule has 10 nitrogen and oxygen atoms in total. The maximum atomic E-state index is 12.4. The normalized spacial score (nSPS) is 10.4. The molecule has 0 atom stereocenters. The van der Waals surface area contributed by atoms with Crippen LogP contribution in [0.25, 0.3) is 0 Å². The van der Waals surface area contributed by atoms with Gasteiger partial charge in [0.1, 0.15) is 5.00 Å². The van der Waals surface area contributed by atoms with Crippen LogP contribution in [0.15, 0.2) is 12.3 Å². The number of thiophene rings is 1. The fourth-order valence-corrected chi connectivity index (χ4v) is 3.31. The van der Waals surface area contributed by atoms with Gasteiger partial charge in [0.15, 0.2) is 5.69 Å².